The third kappa shape index (κ3) is 2.67. The first-order chi connectivity index (χ1) is 8.36. The molecule has 0 aromatic heterocycles. The Morgan fingerprint density at radius 2 is 1.65 bits per heavy atom. The number of fused-ring (bicyclic) bond motifs is 1. The fraction of sp³-hybridized carbons (Fsp3) is 0.375. The van der Waals surface area contributed by atoms with Gasteiger partial charge >= 0.3 is 0 Å². The standard InChI is InChI=1S/C16H20O/c1-2-3-4-7-13-8-5-9-14-10-6-11-15(12-17)16(13)14/h5-6,8-11,17H,2-4,7,12H2,1H3. The molecular formula is C16H20O. The molecule has 0 aliphatic heterocycles. The molecule has 0 saturated carbocycles. The van der Waals surface area contributed by atoms with Gasteiger partial charge in [-0.25, -0.2) is 0 Å². The number of unbranched alkanes of at least 4 members (excludes halogenated alkanes) is 2. The molecule has 0 amide bonds. The van der Waals surface area contributed by atoms with Crippen LogP contribution in [0.25, 0.3) is 10.8 Å². The molecule has 1 heteroatoms. The van der Waals surface area contributed by atoms with E-state index in [2.05, 4.69) is 31.2 Å². The first-order valence-electron chi connectivity index (χ1n) is 6.47. The van der Waals surface area contributed by atoms with Gasteiger partial charge in [0.25, 0.3) is 0 Å². The normalized spacial score (nSPS) is 10.9. The second kappa shape index (κ2) is 5.83. The van der Waals surface area contributed by atoms with Crippen molar-refractivity contribution >= 4 is 10.8 Å². The lowest BCUT2D eigenvalue weighted by molar-refractivity contribution is 0.283. The molecule has 90 valence electrons. The van der Waals surface area contributed by atoms with Crippen molar-refractivity contribution in [3.8, 4) is 0 Å². The van der Waals surface area contributed by atoms with Crippen LogP contribution in [0, 0.1) is 0 Å². The molecule has 0 spiro atoms. The van der Waals surface area contributed by atoms with Crippen LogP contribution in [-0.4, -0.2) is 5.11 Å². The zero-order valence-corrected chi connectivity index (χ0v) is 10.4. The van der Waals surface area contributed by atoms with Gasteiger partial charge in [-0.3, -0.25) is 0 Å². The van der Waals surface area contributed by atoms with Gasteiger partial charge < -0.3 is 5.11 Å². The van der Waals surface area contributed by atoms with Gasteiger partial charge in [-0.05, 0) is 34.7 Å². The Bertz CT molecular complexity index is 483. The predicted octanol–water partition coefficient (Wildman–Crippen LogP) is 4.06. The lowest BCUT2D eigenvalue weighted by Gasteiger charge is -2.10. The molecule has 2 aromatic carbocycles. The third-order valence-corrected chi connectivity index (χ3v) is 3.30. The van der Waals surface area contributed by atoms with Gasteiger partial charge in [0.05, 0.1) is 6.61 Å². The molecule has 2 aromatic rings. The maximum absolute atomic E-state index is 9.43. The van der Waals surface area contributed by atoms with Crippen molar-refractivity contribution in [2.75, 3.05) is 0 Å². The third-order valence-electron chi connectivity index (χ3n) is 3.30. The van der Waals surface area contributed by atoms with E-state index in [0.717, 1.165) is 12.0 Å². The maximum atomic E-state index is 9.43. The van der Waals surface area contributed by atoms with Crippen LogP contribution in [0.5, 0.6) is 0 Å². The highest BCUT2D eigenvalue weighted by atomic mass is 16.3. The monoisotopic (exact) mass is 228 g/mol. The fourth-order valence-electron chi connectivity index (χ4n) is 2.41. The summed E-state index contributed by atoms with van der Waals surface area (Å²) < 4.78 is 0. The first-order valence-corrected chi connectivity index (χ1v) is 6.47. The highest BCUT2D eigenvalue weighted by Crippen LogP contribution is 2.24. The van der Waals surface area contributed by atoms with Crippen LogP contribution in [0.3, 0.4) is 0 Å². The van der Waals surface area contributed by atoms with E-state index in [9.17, 15) is 5.11 Å². The molecule has 2 rings (SSSR count). The molecule has 0 radical (unpaired) electrons. The molecular weight excluding hydrogens is 208 g/mol. The highest BCUT2D eigenvalue weighted by Gasteiger charge is 2.05. The minimum Gasteiger partial charge on any atom is -0.392 e. The lowest BCUT2D eigenvalue weighted by Crippen LogP contribution is -1.93. The van der Waals surface area contributed by atoms with Crippen molar-refractivity contribution in [2.45, 2.75) is 39.2 Å². The molecule has 17 heavy (non-hydrogen) atoms. The minimum atomic E-state index is 0.127. The van der Waals surface area contributed by atoms with Crippen LogP contribution in [0.2, 0.25) is 0 Å². The molecule has 0 bridgehead atoms. The summed E-state index contributed by atoms with van der Waals surface area (Å²) in [6.45, 7) is 2.35. The van der Waals surface area contributed by atoms with Crippen molar-refractivity contribution in [3.05, 3.63) is 47.5 Å². The molecule has 1 nitrogen and oxygen atoms in total. The Morgan fingerprint density at radius 1 is 0.941 bits per heavy atom. The minimum absolute atomic E-state index is 0.127. The Hall–Kier alpha value is -1.34. The van der Waals surface area contributed by atoms with Crippen molar-refractivity contribution in [3.63, 3.8) is 0 Å². The highest BCUT2D eigenvalue weighted by molar-refractivity contribution is 5.88. The topological polar surface area (TPSA) is 20.2 Å². The number of benzene rings is 2. The number of rotatable bonds is 5. The van der Waals surface area contributed by atoms with Gasteiger partial charge in [-0.1, -0.05) is 56.2 Å². The van der Waals surface area contributed by atoms with Crippen molar-refractivity contribution in [1.29, 1.82) is 0 Å². The summed E-state index contributed by atoms with van der Waals surface area (Å²) >= 11 is 0. The number of aryl methyl sites for hydroxylation is 1. The van der Waals surface area contributed by atoms with E-state index in [4.69, 9.17) is 0 Å². The largest absolute Gasteiger partial charge is 0.392 e. The molecule has 0 fully saturated rings. The average Bonchev–Trinajstić information content (AvgIpc) is 2.38. The van der Waals surface area contributed by atoms with E-state index in [0.29, 0.717) is 0 Å². The second-order valence-electron chi connectivity index (χ2n) is 4.55. The van der Waals surface area contributed by atoms with Gasteiger partial charge in [0.2, 0.25) is 0 Å². The lowest BCUT2D eigenvalue weighted by atomic mass is 9.96. The van der Waals surface area contributed by atoms with Crippen molar-refractivity contribution < 1.29 is 5.11 Å². The van der Waals surface area contributed by atoms with Crippen LogP contribution >= 0.6 is 0 Å². The summed E-state index contributed by atoms with van der Waals surface area (Å²) in [4.78, 5) is 0. The van der Waals surface area contributed by atoms with Crippen LogP contribution in [0.15, 0.2) is 36.4 Å². The fourth-order valence-corrected chi connectivity index (χ4v) is 2.41. The molecule has 1 N–H and O–H groups in total. The summed E-state index contributed by atoms with van der Waals surface area (Å²) in [5.74, 6) is 0. The van der Waals surface area contributed by atoms with Gasteiger partial charge in [0.1, 0.15) is 0 Å². The van der Waals surface area contributed by atoms with E-state index in [1.54, 1.807) is 0 Å². The van der Waals surface area contributed by atoms with Crippen LogP contribution in [-0.2, 0) is 13.0 Å². The van der Waals surface area contributed by atoms with E-state index in [1.165, 1.54) is 35.6 Å². The molecule has 0 atom stereocenters. The zero-order chi connectivity index (χ0) is 12.1. The number of aliphatic hydroxyl groups excluding tert-OH is 1. The Labute approximate surface area is 103 Å². The number of hydrogen-bond acceptors (Lipinski definition) is 1. The smallest absolute Gasteiger partial charge is 0.0687 e. The van der Waals surface area contributed by atoms with Crippen LogP contribution < -0.4 is 0 Å². The van der Waals surface area contributed by atoms with Gasteiger partial charge in [0.15, 0.2) is 0 Å². The number of hydrogen-bond donors (Lipinski definition) is 1. The Morgan fingerprint density at radius 3 is 2.29 bits per heavy atom. The van der Waals surface area contributed by atoms with Gasteiger partial charge in [-0.15, -0.1) is 0 Å². The van der Waals surface area contributed by atoms with Crippen molar-refractivity contribution in [2.24, 2.45) is 0 Å². The molecule has 0 heterocycles. The molecule has 0 unspecified atom stereocenters. The molecule has 0 aliphatic rings. The van der Waals surface area contributed by atoms with Crippen LogP contribution in [0.4, 0.5) is 0 Å². The summed E-state index contributed by atoms with van der Waals surface area (Å²) in [5.41, 5.74) is 2.43. The van der Waals surface area contributed by atoms with Gasteiger partial charge in [0, 0.05) is 0 Å². The van der Waals surface area contributed by atoms with Crippen LogP contribution in [0.1, 0.15) is 37.3 Å². The van der Waals surface area contributed by atoms with E-state index in [1.807, 2.05) is 12.1 Å². The summed E-state index contributed by atoms with van der Waals surface area (Å²) in [6.07, 6.45) is 4.87. The second-order valence-corrected chi connectivity index (χ2v) is 4.55. The SMILES string of the molecule is CCCCCc1cccc2cccc(CO)c12. The summed E-state index contributed by atoms with van der Waals surface area (Å²) in [7, 11) is 0. The van der Waals surface area contributed by atoms with Crippen molar-refractivity contribution in [1.82, 2.24) is 0 Å². The first kappa shape index (κ1) is 12.1. The predicted molar refractivity (Wildman–Crippen MR) is 73.1 cm³/mol. The van der Waals surface area contributed by atoms with E-state index in [-0.39, 0.29) is 6.61 Å². The van der Waals surface area contributed by atoms with E-state index >= 15 is 0 Å². The summed E-state index contributed by atoms with van der Waals surface area (Å²) in [5, 5.41) is 11.9. The number of aliphatic hydroxyl groups is 1. The van der Waals surface area contributed by atoms with E-state index < -0.39 is 0 Å². The summed E-state index contributed by atoms with van der Waals surface area (Å²) in [6, 6.07) is 12.6. The Kier molecular flexibility index (Phi) is 4.16. The molecule has 0 aliphatic carbocycles. The quantitative estimate of drug-likeness (QED) is 0.765. The zero-order valence-electron chi connectivity index (χ0n) is 10.4. The Balaban J connectivity index is 2.40. The molecule has 0 saturated heterocycles. The average molecular weight is 228 g/mol. The van der Waals surface area contributed by atoms with Gasteiger partial charge in [-0.2, -0.15) is 0 Å². The maximum Gasteiger partial charge on any atom is 0.0687 e.